The van der Waals surface area contributed by atoms with Crippen molar-refractivity contribution >= 4 is 23.6 Å². The summed E-state index contributed by atoms with van der Waals surface area (Å²) in [5.74, 6) is -0.433. The molecule has 0 bridgehead atoms. The molecule has 0 aliphatic heterocycles. The van der Waals surface area contributed by atoms with Gasteiger partial charge in [0.1, 0.15) is 0 Å². The molecule has 146 valence electrons. The van der Waals surface area contributed by atoms with Crippen LogP contribution in [-0.4, -0.2) is 35.2 Å². The minimum atomic E-state index is -0.462. The quantitative estimate of drug-likeness (QED) is 0.431. The molecule has 0 aromatic heterocycles. The molecule has 0 fully saturated rings. The zero-order valence-electron chi connectivity index (χ0n) is 15.9. The van der Waals surface area contributed by atoms with Crippen molar-refractivity contribution in [3.8, 4) is 0 Å². The summed E-state index contributed by atoms with van der Waals surface area (Å²) in [6.07, 6.45) is 3.27. The number of hydrogen-bond acceptors (Lipinski definition) is 4. The molecule has 0 saturated carbocycles. The molecule has 7 heteroatoms. The molecule has 2 aromatic rings. The van der Waals surface area contributed by atoms with E-state index in [0.29, 0.717) is 5.56 Å². The van der Waals surface area contributed by atoms with Crippen LogP contribution in [0, 0.1) is 10.1 Å². The van der Waals surface area contributed by atoms with Crippen molar-refractivity contribution in [3.63, 3.8) is 0 Å². The molecule has 0 aliphatic carbocycles. The first kappa shape index (κ1) is 20.8. The van der Waals surface area contributed by atoms with Crippen LogP contribution < -0.4 is 5.32 Å². The molecule has 0 radical (unpaired) electrons. The van der Waals surface area contributed by atoms with Crippen LogP contribution in [0.5, 0.6) is 0 Å². The fourth-order valence-electron chi connectivity index (χ4n) is 2.60. The van der Waals surface area contributed by atoms with Crippen molar-refractivity contribution in [2.45, 2.75) is 19.4 Å². The van der Waals surface area contributed by atoms with Crippen molar-refractivity contribution < 1.29 is 14.5 Å². The van der Waals surface area contributed by atoms with Crippen LogP contribution in [0.2, 0.25) is 0 Å². The van der Waals surface area contributed by atoms with E-state index in [2.05, 4.69) is 5.32 Å². The second-order valence-corrected chi connectivity index (χ2v) is 6.32. The number of nitro groups is 1. The Morgan fingerprint density at radius 1 is 1.18 bits per heavy atom. The highest BCUT2D eigenvalue weighted by Gasteiger charge is 2.19. The Morgan fingerprint density at radius 3 is 2.57 bits per heavy atom. The smallest absolute Gasteiger partial charge is 0.269 e. The number of nitrogens with one attached hydrogen (secondary N) is 1. The normalized spacial score (nSPS) is 11.8. The van der Waals surface area contributed by atoms with Crippen LogP contribution in [0.4, 0.5) is 5.69 Å². The maximum atomic E-state index is 12.4. The van der Waals surface area contributed by atoms with Crippen molar-refractivity contribution in [1.29, 1.82) is 0 Å². The number of nitro benzene ring substituents is 1. The zero-order chi connectivity index (χ0) is 20.5. The number of hydrogen-bond donors (Lipinski definition) is 1. The molecule has 0 aliphatic rings. The van der Waals surface area contributed by atoms with Gasteiger partial charge in [-0.15, -0.1) is 0 Å². The Bertz CT molecular complexity index is 865. The number of carbonyl (C=O) groups is 2. The summed E-state index contributed by atoms with van der Waals surface area (Å²) in [5, 5.41) is 13.6. The third-order valence-electron chi connectivity index (χ3n) is 4.40. The Hall–Kier alpha value is -3.48. The van der Waals surface area contributed by atoms with E-state index in [4.69, 9.17) is 0 Å². The molecule has 0 unspecified atom stereocenters. The van der Waals surface area contributed by atoms with Gasteiger partial charge in [-0.2, -0.15) is 0 Å². The molecule has 0 spiro atoms. The van der Waals surface area contributed by atoms with Gasteiger partial charge >= 0.3 is 0 Å². The third kappa shape index (κ3) is 6.05. The van der Waals surface area contributed by atoms with Crippen molar-refractivity contribution in [2.24, 2.45) is 0 Å². The van der Waals surface area contributed by atoms with Gasteiger partial charge in [-0.1, -0.05) is 42.5 Å². The van der Waals surface area contributed by atoms with Gasteiger partial charge in [0.05, 0.1) is 11.0 Å². The minimum Gasteiger partial charge on any atom is -0.352 e. The Kier molecular flexibility index (Phi) is 7.45. The van der Waals surface area contributed by atoms with Gasteiger partial charge in [0.2, 0.25) is 11.8 Å². The van der Waals surface area contributed by atoms with E-state index in [1.165, 1.54) is 23.1 Å². The first-order valence-electron chi connectivity index (χ1n) is 8.89. The minimum absolute atomic E-state index is 0.0114. The average molecular weight is 381 g/mol. The van der Waals surface area contributed by atoms with E-state index in [1.807, 2.05) is 30.3 Å². The zero-order valence-corrected chi connectivity index (χ0v) is 15.9. The lowest BCUT2D eigenvalue weighted by Gasteiger charge is -2.25. The summed E-state index contributed by atoms with van der Waals surface area (Å²) in [5.41, 5.74) is 1.58. The first-order valence-corrected chi connectivity index (χ1v) is 8.89. The van der Waals surface area contributed by atoms with Gasteiger partial charge < -0.3 is 10.2 Å². The van der Waals surface area contributed by atoms with Crippen LogP contribution in [0.1, 0.15) is 30.5 Å². The fraction of sp³-hybridized carbons (Fsp3) is 0.238. The molecule has 2 aromatic carbocycles. The monoisotopic (exact) mass is 381 g/mol. The Morgan fingerprint density at radius 2 is 1.89 bits per heavy atom. The Labute approximate surface area is 163 Å². The van der Waals surface area contributed by atoms with Gasteiger partial charge in [0.15, 0.2) is 0 Å². The van der Waals surface area contributed by atoms with Crippen LogP contribution in [0.3, 0.4) is 0 Å². The highest BCUT2D eigenvalue weighted by atomic mass is 16.6. The van der Waals surface area contributed by atoms with E-state index in [1.54, 1.807) is 32.2 Å². The van der Waals surface area contributed by atoms with E-state index in [-0.39, 0.29) is 36.5 Å². The number of nitrogens with zero attached hydrogens (tertiary/aromatic N) is 2. The van der Waals surface area contributed by atoms with E-state index >= 15 is 0 Å². The molecule has 2 amide bonds. The molecule has 1 N–H and O–H groups in total. The topological polar surface area (TPSA) is 92.6 Å². The number of carbonyl (C=O) groups excluding carboxylic acids is 2. The van der Waals surface area contributed by atoms with Gasteiger partial charge in [0, 0.05) is 38.2 Å². The highest BCUT2D eigenvalue weighted by Crippen LogP contribution is 2.23. The summed E-state index contributed by atoms with van der Waals surface area (Å²) < 4.78 is 0. The summed E-state index contributed by atoms with van der Waals surface area (Å²) in [6.45, 7) is 2.01. The molecule has 7 nitrogen and oxygen atoms in total. The standard InChI is InChI=1S/C21H23N3O4/c1-16(18-9-6-10-19(15-18)24(27)28)23(2)21(26)13-14-22-20(25)12-11-17-7-4-3-5-8-17/h3-12,15-16H,13-14H2,1-2H3,(H,22,25)/b12-11+/t16-/m1/s1. The van der Waals surface area contributed by atoms with Crippen LogP contribution >= 0.6 is 0 Å². The van der Waals surface area contributed by atoms with Crippen LogP contribution in [-0.2, 0) is 9.59 Å². The summed E-state index contributed by atoms with van der Waals surface area (Å²) in [7, 11) is 1.64. The van der Waals surface area contributed by atoms with E-state index in [9.17, 15) is 19.7 Å². The van der Waals surface area contributed by atoms with Gasteiger partial charge in [-0.05, 0) is 24.1 Å². The molecule has 0 heterocycles. The molecule has 2 rings (SSSR count). The van der Waals surface area contributed by atoms with Crippen molar-refractivity contribution in [2.75, 3.05) is 13.6 Å². The lowest BCUT2D eigenvalue weighted by molar-refractivity contribution is -0.384. The van der Waals surface area contributed by atoms with Crippen molar-refractivity contribution in [3.05, 3.63) is 81.9 Å². The summed E-state index contributed by atoms with van der Waals surface area (Å²) in [4.78, 5) is 36.2. The van der Waals surface area contributed by atoms with Crippen LogP contribution in [0.25, 0.3) is 6.08 Å². The molecular weight excluding hydrogens is 358 g/mol. The summed E-state index contributed by atoms with van der Waals surface area (Å²) in [6, 6.07) is 15.3. The van der Waals surface area contributed by atoms with Gasteiger partial charge in [-0.25, -0.2) is 0 Å². The van der Waals surface area contributed by atoms with E-state index in [0.717, 1.165) is 5.56 Å². The van der Waals surface area contributed by atoms with Gasteiger partial charge in [-0.3, -0.25) is 19.7 Å². The second kappa shape index (κ2) is 10.0. The maximum Gasteiger partial charge on any atom is 0.269 e. The number of non-ortho nitro benzene ring substituents is 1. The number of amides is 2. The van der Waals surface area contributed by atoms with Gasteiger partial charge in [0.25, 0.3) is 5.69 Å². The predicted octanol–water partition coefficient (Wildman–Crippen LogP) is 3.33. The van der Waals surface area contributed by atoms with Crippen molar-refractivity contribution in [1.82, 2.24) is 10.2 Å². The summed E-state index contributed by atoms with van der Waals surface area (Å²) >= 11 is 0. The molecule has 28 heavy (non-hydrogen) atoms. The molecular formula is C21H23N3O4. The maximum absolute atomic E-state index is 12.4. The largest absolute Gasteiger partial charge is 0.352 e. The number of benzene rings is 2. The Balaban J connectivity index is 1.83. The van der Waals surface area contributed by atoms with Crippen LogP contribution in [0.15, 0.2) is 60.7 Å². The fourth-order valence-corrected chi connectivity index (χ4v) is 2.60. The SMILES string of the molecule is C[C@H](c1cccc([N+](=O)[O-])c1)N(C)C(=O)CCNC(=O)/C=C/c1ccccc1. The number of rotatable bonds is 8. The molecule has 1 atom stereocenters. The predicted molar refractivity (Wildman–Crippen MR) is 107 cm³/mol. The second-order valence-electron chi connectivity index (χ2n) is 6.32. The first-order chi connectivity index (χ1) is 13.4. The lowest BCUT2D eigenvalue weighted by Crippen LogP contribution is -2.33. The lowest BCUT2D eigenvalue weighted by atomic mass is 10.1. The average Bonchev–Trinajstić information content (AvgIpc) is 2.71. The third-order valence-corrected chi connectivity index (χ3v) is 4.40. The van der Waals surface area contributed by atoms with E-state index < -0.39 is 4.92 Å². The molecule has 0 saturated heterocycles. The highest BCUT2D eigenvalue weighted by molar-refractivity contribution is 5.92.